The number of anilines is 1. The van der Waals surface area contributed by atoms with Crippen molar-refractivity contribution >= 4 is 23.3 Å². The second kappa shape index (κ2) is 9.79. The van der Waals surface area contributed by atoms with Crippen LogP contribution in [0, 0.1) is 5.92 Å². The van der Waals surface area contributed by atoms with Gasteiger partial charge in [-0.1, -0.05) is 35.9 Å². The largest absolute Gasteiger partial charge is 0.496 e. The molecule has 1 amide bonds. The van der Waals surface area contributed by atoms with Crippen molar-refractivity contribution in [1.82, 2.24) is 15.5 Å². The van der Waals surface area contributed by atoms with Gasteiger partial charge in [-0.25, -0.2) is 0 Å². The van der Waals surface area contributed by atoms with Crippen LogP contribution in [0.25, 0.3) is 11.3 Å². The number of nitrogens with one attached hydrogen (secondary N) is 1. The first-order valence-corrected chi connectivity index (χ1v) is 10.8. The fraction of sp³-hybridized carbons (Fsp3) is 0.292. The SMILES string of the molecule is COc1ccccc1-c1ccc(N2CCCC(C(=O)NCc3ccc(Cl)cc3)C2)nn1. The van der Waals surface area contributed by atoms with Gasteiger partial charge in [0.25, 0.3) is 0 Å². The van der Waals surface area contributed by atoms with Crippen LogP contribution in [-0.4, -0.2) is 36.3 Å². The highest BCUT2D eigenvalue weighted by atomic mass is 35.5. The fourth-order valence-electron chi connectivity index (χ4n) is 3.83. The molecule has 160 valence electrons. The molecule has 3 aromatic rings. The van der Waals surface area contributed by atoms with E-state index in [1.54, 1.807) is 7.11 Å². The molecule has 1 aliphatic rings. The summed E-state index contributed by atoms with van der Waals surface area (Å²) < 4.78 is 5.42. The van der Waals surface area contributed by atoms with E-state index in [0.717, 1.165) is 47.8 Å². The maximum atomic E-state index is 12.7. The Hall–Kier alpha value is -3.12. The number of rotatable bonds is 6. The van der Waals surface area contributed by atoms with Crippen LogP contribution in [0.2, 0.25) is 5.02 Å². The number of methoxy groups -OCH3 is 1. The molecule has 6 nitrogen and oxygen atoms in total. The molecule has 0 bridgehead atoms. The maximum Gasteiger partial charge on any atom is 0.225 e. The fourth-order valence-corrected chi connectivity index (χ4v) is 3.95. The van der Waals surface area contributed by atoms with Crippen LogP contribution >= 0.6 is 11.6 Å². The van der Waals surface area contributed by atoms with E-state index in [1.807, 2.05) is 60.7 Å². The Morgan fingerprint density at radius 1 is 1.13 bits per heavy atom. The van der Waals surface area contributed by atoms with Gasteiger partial charge in [0.2, 0.25) is 5.91 Å². The molecule has 0 radical (unpaired) electrons. The minimum Gasteiger partial charge on any atom is -0.496 e. The van der Waals surface area contributed by atoms with Crippen molar-refractivity contribution in [3.8, 4) is 17.0 Å². The molecule has 2 aromatic carbocycles. The van der Waals surface area contributed by atoms with Gasteiger partial charge in [0.15, 0.2) is 5.82 Å². The summed E-state index contributed by atoms with van der Waals surface area (Å²) in [5.74, 6) is 1.55. The van der Waals surface area contributed by atoms with Crippen molar-refractivity contribution in [1.29, 1.82) is 0 Å². The molecule has 1 unspecified atom stereocenters. The Balaban J connectivity index is 1.38. The normalized spacial score (nSPS) is 16.1. The molecular formula is C24H25ClN4O2. The summed E-state index contributed by atoms with van der Waals surface area (Å²) in [4.78, 5) is 14.8. The Morgan fingerprint density at radius 2 is 1.94 bits per heavy atom. The topological polar surface area (TPSA) is 67.3 Å². The van der Waals surface area contributed by atoms with Crippen LogP contribution in [0.1, 0.15) is 18.4 Å². The first-order valence-electron chi connectivity index (χ1n) is 10.4. The van der Waals surface area contributed by atoms with E-state index in [0.29, 0.717) is 18.1 Å². The Labute approximate surface area is 187 Å². The lowest BCUT2D eigenvalue weighted by Gasteiger charge is -2.32. The van der Waals surface area contributed by atoms with Crippen LogP contribution in [0.3, 0.4) is 0 Å². The summed E-state index contributed by atoms with van der Waals surface area (Å²) in [6.07, 6.45) is 1.81. The zero-order chi connectivity index (χ0) is 21.6. The molecular weight excluding hydrogens is 412 g/mol. The van der Waals surface area contributed by atoms with Crippen molar-refractivity contribution < 1.29 is 9.53 Å². The van der Waals surface area contributed by atoms with Crippen LogP contribution < -0.4 is 15.0 Å². The van der Waals surface area contributed by atoms with Crippen LogP contribution in [-0.2, 0) is 11.3 Å². The molecule has 31 heavy (non-hydrogen) atoms. The predicted octanol–water partition coefficient (Wildman–Crippen LogP) is 4.34. The molecule has 0 saturated carbocycles. The highest BCUT2D eigenvalue weighted by Gasteiger charge is 2.26. The Kier molecular flexibility index (Phi) is 6.67. The number of benzene rings is 2. The number of ether oxygens (including phenoxy) is 1. The van der Waals surface area contributed by atoms with Gasteiger partial charge in [-0.15, -0.1) is 10.2 Å². The second-order valence-electron chi connectivity index (χ2n) is 7.61. The number of nitrogens with zero attached hydrogens (tertiary/aromatic N) is 3. The lowest BCUT2D eigenvalue weighted by atomic mass is 9.97. The zero-order valence-electron chi connectivity index (χ0n) is 17.4. The van der Waals surface area contributed by atoms with Crippen LogP contribution in [0.4, 0.5) is 5.82 Å². The number of carbonyl (C=O) groups excluding carboxylic acids is 1. The average Bonchev–Trinajstić information content (AvgIpc) is 2.83. The van der Waals surface area contributed by atoms with E-state index in [2.05, 4.69) is 20.4 Å². The smallest absolute Gasteiger partial charge is 0.225 e. The van der Waals surface area contributed by atoms with Crippen molar-refractivity contribution in [2.75, 3.05) is 25.1 Å². The number of halogens is 1. The van der Waals surface area contributed by atoms with Crippen molar-refractivity contribution in [3.63, 3.8) is 0 Å². The van der Waals surface area contributed by atoms with Crippen molar-refractivity contribution in [2.45, 2.75) is 19.4 Å². The third-order valence-electron chi connectivity index (χ3n) is 5.53. The van der Waals surface area contributed by atoms with Gasteiger partial charge in [-0.05, 0) is 54.8 Å². The predicted molar refractivity (Wildman–Crippen MR) is 122 cm³/mol. The number of hydrogen-bond donors (Lipinski definition) is 1. The lowest BCUT2D eigenvalue weighted by molar-refractivity contribution is -0.125. The van der Waals surface area contributed by atoms with Gasteiger partial charge in [-0.3, -0.25) is 4.79 Å². The molecule has 1 aromatic heterocycles. The molecule has 0 spiro atoms. The first-order chi connectivity index (χ1) is 15.1. The highest BCUT2D eigenvalue weighted by Crippen LogP contribution is 2.29. The van der Waals surface area contributed by atoms with Gasteiger partial charge in [0.05, 0.1) is 18.7 Å². The summed E-state index contributed by atoms with van der Waals surface area (Å²) in [5.41, 5.74) is 2.70. The lowest BCUT2D eigenvalue weighted by Crippen LogP contribution is -2.43. The number of hydrogen-bond acceptors (Lipinski definition) is 5. The number of piperidine rings is 1. The monoisotopic (exact) mass is 436 g/mol. The van der Waals surface area contributed by atoms with Crippen molar-refractivity contribution in [3.05, 3.63) is 71.2 Å². The average molecular weight is 437 g/mol. The van der Waals surface area contributed by atoms with E-state index in [4.69, 9.17) is 16.3 Å². The van der Waals surface area contributed by atoms with Crippen LogP contribution in [0.15, 0.2) is 60.7 Å². The van der Waals surface area contributed by atoms with Crippen molar-refractivity contribution in [2.24, 2.45) is 5.92 Å². The molecule has 1 atom stereocenters. The van der Waals surface area contributed by atoms with Gasteiger partial charge < -0.3 is 15.0 Å². The standard InChI is InChI=1S/C24H25ClN4O2/c1-31-22-7-3-2-6-20(22)21-12-13-23(28-27-21)29-14-4-5-18(16-29)24(30)26-15-17-8-10-19(25)11-9-17/h2-3,6-13,18H,4-5,14-16H2,1H3,(H,26,30). The molecule has 0 aliphatic carbocycles. The van der Waals surface area contributed by atoms with Gasteiger partial charge in [0.1, 0.15) is 5.75 Å². The van der Waals surface area contributed by atoms with Crippen LogP contribution in [0.5, 0.6) is 5.75 Å². The molecule has 2 heterocycles. The van der Waals surface area contributed by atoms with E-state index in [9.17, 15) is 4.79 Å². The summed E-state index contributed by atoms with van der Waals surface area (Å²) in [7, 11) is 1.65. The summed E-state index contributed by atoms with van der Waals surface area (Å²) in [6.45, 7) is 2.00. The number of amides is 1. The zero-order valence-corrected chi connectivity index (χ0v) is 18.2. The van der Waals surface area contributed by atoms with Gasteiger partial charge in [-0.2, -0.15) is 0 Å². The molecule has 1 N–H and O–H groups in total. The summed E-state index contributed by atoms with van der Waals surface area (Å²) in [5, 5.41) is 12.6. The number of carbonyl (C=O) groups is 1. The molecule has 1 fully saturated rings. The summed E-state index contributed by atoms with van der Waals surface area (Å²) >= 11 is 5.92. The minimum absolute atomic E-state index is 0.0678. The van der Waals surface area contributed by atoms with Gasteiger partial charge >= 0.3 is 0 Å². The molecule has 4 rings (SSSR count). The maximum absolute atomic E-state index is 12.7. The third-order valence-corrected chi connectivity index (χ3v) is 5.78. The van der Waals surface area contributed by atoms with Gasteiger partial charge in [0, 0.05) is 30.2 Å². The summed E-state index contributed by atoms with van der Waals surface area (Å²) in [6, 6.07) is 19.2. The molecule has 1 saturated heterocycles. The third kappa shape index (κ3) is 5.14. The quantitative estimate of drug-likeness (QED) is 0.622. The first kappa shape index (κ1) is 21.1. The molecule has 7 heteroatoms. The van der Waals surface area contributed by atoms with E-state index in [1.165, 1.54) is 0 Å². The minimum atomic E-state index is -0.0725. The Morgan fingerprint density at radius 3 is 2.68 bits per heavy atom. The van der Waals surface area contributed by atoms with E-state index >= 15 is 0 Å². The number of aromatic nitrogens is 2. The van der Waals surface area contributed by atoms with E-state index < -0.39 is 0 Å². The number of para-hydroxylation sites is 1. The highest BCUT2D eigenvalue weighted by molar-refractivity contribution is 6.30. The molecule has 1 aliphatic heterocycles. The Bertz CT molecular complexity index is 1020. The second-order valence-corrected chi connectivity index (χ2v) is 8.04. The van der Waals surface area contributed by atoms with E-state index in [-0.39, 0.29) is 11.8 Å².